The maximum atomic E-state index is 13.1. The first-order valence-corrected chi connectivity index (χ1v) is 9.77. The van der Waals surface area contributed by atoms with Gasteiger partial charge in [-0.15, -0.1) is 22.7 Å². The second-order valence-electron chi connectivity index (χ2n) is 5.77. The van der Waals surface area contributed by atoms with E-state index in [0.29, 0.717) is 21.7 Å². The standard InChI is InChI=1S/C19H15N3O2S2/c1-12-20-18-17(14(11-26-18)15-8-5-9-25-15)19(24)22(12)10-16(23)21-13-6-3-2-4-7-13/h2-9,11H,10H2,1H3,(H,21,23). The fraction of sp³-hybridized carbons (Fsp3) is 0.105. The fourth-order valence-corrected chi connectivity index (χ4v) is 4.59. The SMILES string of the molecule is Cc1nc2scc(-c3cccs3)c2c(=O)n1CC(=O)Nc1ccccc1. The van der Waals surface area contributed by atoms with Crippen molar-refractivity contribution < 1.29 is 4.79 Å². The predicted molar refractivity (Wildman–Crippen MR) is 107 cm³/mol. The third kappa shape index (κ3) is 3.07. The predicted octanol–water partition coefficient (Wildman–Crippen LogP) is 4.13. The number of para-hydroxylation sites is 1. The van der Waals surface area contributed by atoms with Gasteiger partial charge in [-0.25, -0.2) is 4.98 Å². The molecule has 0 saturated carbocycles. The van der Waals surface area contributed by atoms with E-state index < -0.39 is 0 Å². The average molecular weight is 381 g/mol. The average Bonchev–Trinajstić information content (AvgIpc) is 3.28. The van der Waals surface area contributed by atoms with E-state index in [4.69, 9.17) is 0 Å². The molecule has 0 spiro atoms. The van der Waals surface area contributed by atoms with Crippen LogP contribution in [-0.4, -0.2) is 15.5 Å². The van der Waals surface area contributed by atoms with E-state index in [1.54, 1.807) is 18.3 Å². The van der Waals surface area contributed by atoms with Crippen molar-refractivity contribution in [1.29, 1.82) is 0 Å². The molecule has 0 atom stereocenters. The third-order valence-electron chi connectivity index (χ3n) is 4.03. The molecule has 5 nitrogen and oxygen atoms in total. The van der Waals surface area contributed by atoms with E-state index >= 15 is 0 Å². The summed E-state index contributed by atoms with van der Waals surface area (Å²) in [7, 11) is 0. The molecule has 0 unspecified atom stereocenters. The zero-order chi connectivity index (χ0) is 18.1. The van der Waals surface area contributed by atoms with E-state index in [-0.39, 0.29) is 18.0 Å². The number of anilines is 1. The Kier molecular flexibility index (Phi) is 4.40. The molecule has 0 fully saturated rings. The second kappa shape index (κ2) is 6.86. The monoisotopic (exact) mass is 381 g/mol. The maximum absolute atomic E-state index is 13.1. The van der Waals surface area contributed by atoms with E-state index in [0.717, 1.165) is 10.4 Å². The molecule has 4 rings (SSSR count). The van der Waals surface area contributed by atoms with Crippen molar-refractivity contribution in [3.05, 3.63) is 69.4 Å². The van der Waals surface area contributed by atoms with Crippen LogP contribution in [0.25, 0.3) is 20.7 Å². The van der Waals surface area contributed by atoms with Crippen LogP contribution in [0.2, 0.25) is 0 Å². The molecule has 0 saturated heterocycles. The van der Waals surface area contributed by atoms with Gasteiger partial charge in [-0.1, -0.05) is 24.3 Å². The van der Waals surface area contributed by atoms with E-state index in [9.17, 15) is 9.59 Å². The Bertz CT molecular complexity index is 1130. The minimum absolute atomic E-state index is 0.0672. The van der Waals surface area contributed by atoms with E-state index in [1.165, 1.54) is 15.9 Å². The minimum Gasteiger partial charge on any atom is -0.325 e. The molecule has 130 valence electrons. The Labute approximate surface area is 157 Å². The lowest BCUT2D eigenvalue weighted by Crippen LogP contribution is -2.30. The number of amides is 1. The van der Waals surface area contributed by atoms with Crippen LogP contribution in [-0.2, 0) is 11.3 Å². The van der Waals surface area contributed by atoms with Crippen molar-refractivity contribution in [2.24, 2.45) is 0 Å². The molecule has 1 N–H and O–H groups in total. The molecule has 0 radical (unpaired) electrons. The molecule has 3 aromatic heterocycles. The molecular formula is C19H15N3O2S2. The number of thiophene rings is 2. The number of nitrogens with zero attached hydrogens (tertiary/aromatic N) is 2. The van der Waals surface area contributed by atoms with Crippen LogP contribution in [0, 0.1) is 6.92 Å². The van der Waals surface area contributed by atoms with Gasteiger partial charge in [0.15, 0.2) is 0 Å². The van der Waals surface area contributed by atoms with Gasteiger partial charge < -0.3 is 5.32 Å². The lowest BCUT2D eigenvalue weighted by atomic mass is 10.2. The maximum Gasteiger partial charge on any atom is 0.263 e. The van der Waals surface area contributed by atoms with Crippen LogP contribution in [0.1, 0.15) is 5.82 Å². The van der Waals surface area contributed by atoms with Crippen LogP contribution < -0.4 is 10.9 Å². The smallest absolute Gasteiger partial charge is 0.263 e. The fourth-order valence-electron chi connectivity index (χ4n) is 2.79. The second-order valence-corrected chi connectivity index (χ2v) is 7.58. The Morgan fingerprint density at radius 2 is 1.96 bits per heavy atom. The quantitative estimate of drug-likeness (QED) is 0.578. The van der Waals surface area contributed by atoms with Crippen LogP contribution in [0.15, 0.2) is 58.0 Å². The molecule has 0 aliphatic rings. The van der Waals surface area contributed by atoms with Crippen molar-refractivity contribution >= 4 is 44.5 Å². The first-order valence-electron chi connectivity index (χ1n) is 8.01. The van der Waals surface area contributed by atoms with Crippen molar-refractivity contribution in [2.45, 2.75) is 13.5 Å². The Hall–Kier alpha value is -2.77. The number of fused-ring (bicyclic) bond motifs is 1. The molecule has 4 aromatic rings. The number of hydrogen-bond acceptors (Lipinski definition) is 5. The highest BCUT2D eigenvalue weighted by atomic mass is 32.1. The Balaban J connectivity index is 1.72. The Morgan fingerprint density at radius 1 is 1.15 bits per heavy atom. The molecule has 7 heteroatoms. The first kappa shape index (κ1) is 16.7. The highest BCUT2D eigenvalue weighted by molar-refractivity contribution is 7.18. The lowest BCUT2D eigenvalue weighted by Gasteiger charge is -2.10. The molecule has 0 aliphatic heterocycles. The number of hydrogen-bond donors (Lipinski definition) is 1. The number of carbonyl (C=O) groups is 1. The summed E-state index contributed by atoms with van der Waals surface area (Å²) in [6, 6.07) is 13.1. The van der Waals surface area contributed by atoms with E-state index in [2.05, 4.69) is 10.3 Å². The zero-order valence-electron chi connectivity index (χ0n) is 13.9. The molecule has 1 aromatic carbocycles. The summed E-state index contributed by atoms with van der Waals surface area (Å²) < 4.78 is 1.43. The molecule has 3 heterocycles. The number of aromatic nitrogens is 2. The van der Waals surface area contributed by atoms with Crippen molar-refractivity contribution in [3.63, 3.8) is 0 Å². The van der Waals surface area contributed by atoms with Gasteiger partial charge in [-0.05, 0) is 30.5 Å². The summed E-state index contributed by atoms with van der Waals surface area (Å²) in [5.74, 6) is 0.278. The van der Waals surface area contributed by atoms with Gasteiger partial charge >= 0.3 is 0 Å². The lowest BCUT2D eigenvalue weighted by molar-refractivity contribution is -0.116. The van der Waals surface area contributed by atoms with Crippen molar-refractivity contribution in [3.8, 4) is 10.4 Å². The van der Waals surface area contributed by atoms with Gasteiger partial charge in [0.25, 0.3) is 5.56 Å². The van der Waals surface area contributed by atoms with Gasteiger partial charge in [0.1, 0.15) is 17.2 Å². The number of nitrogens with one attached hydrogen (secondary N) is 1. The zero-order valence-corrected chi connectivity index (χ0v) is 15.6. The minimum atomic E-state index is -0.254. The van der Waals surface area contributed by atoms with Gasteiger partial charge in [0, 0.05) is 21.5 Å². The molecule has 0 aliphatic carbocycles. The van der Waals surface area contributed by atoms with E-state index in [1.807, 2.05) is 53.2 Å². The summed E-state index contributed by atoms with van der Waals surface area (Å²) in [6.45, 7) is 1.68. The number of aryl methyl sites for hydroxylation is 1. The van der Waals surface area contributed by atoms with Crippen LogP contribution in [0.5, 0.6) is 0 Å². The largest absolute Gasteiger partial charge is 0.325 e. The van der Waals surface area contributed by atoms with Crippen molar-refractivity contribution in [1.82, 2.24) is 9.55 Å². The highest BCUT2D eigenvalue weighted by Crippen LogP contribution is 2.33. The normalized spacial score (nSPS) is 11.0. The highest BCUT2D eigenvalue weighted by Gasteiger charge is 2.17. The van der Waals surface area contributed by atoms with Gasteiger partial charge in [-0.3, -0.25) is 14.2 Å². The Morgan fingerprint density at radius 3 is 2.69 bits per heavy atom. The third-order valence-corrected chi connectivity index (χ3v) is 5.81. The summed E-state index contributed by atoms with van der Waals surface area (Å²) in [5, 5.41) is 7.32. The van der Waals surface area contributed by atoms with Gasteiger partial charge in [0.05, 0.1) is 5.39 Å². The molecule has 26 heavy (non-hydrogen) atoms. The summed E-state index contributed by atoms with van der Waals surface area (Å²) in [4.78, 5) is 31.7. The molecular weight excluding hydrogens is 366 g/mol. The number of carbonyl (C=O) groups excluding carboxylic acids is 1. The summed E-state index contributed by atoms with van der Waals surface area (Å²) in [6.07, 6.45) is 0. The summed E-state index contributed by atoms with van der Waals surface area (Å²) in [5.41, 5.74) is 1.40. The van der Waals surface area contributed by atoms with Crippen LogP contribution in [0.3, 0.4) is 0 Å². The van der Waals surface area contributed by atoms with Gasteiger partial charge in [0.2, 0.25) is 5.91 Å². The van der Waals surface area contributed by atoms with Crippen LogP contribution >= 0.6 is 22.7 Å². The first-order chi connectivity index (χ1) is 12.6. The summed E-state index contributed by atoms with van der Waals surface area (Å²) >= 11 is 3.03. The molecule has 1 amide bonds. The number of rotatable bonds is 4. The number of benzene rings is 1. The molecule has 0 bridgehead atoms. The van der Waals surface area contributed by atoms with Crippen molar-refractivity contribution in [2.75, 3.05) is 5.32 Å². The van der Waals surface area contributed by atoms with Gasteiger partial charge in [-0.2, -0.15) is 0 Å². The topological polar surface area (TPSA) is 64.0 Å². The van der Waals surface area contributed by atoms with Crippen LogP contribution in [0.4, 0.5) is 5.69 Å².